The van der Waals surface area contributed by atoms with Gasteiger partial charge in [0.05, 0.1) is 7.11 Å². The Morgan fingerprint density at radius 3 is 2.46 bits per heavy atom. The number of benzene rings is 2. The number of piperazine rings is 1. The number of nitrogens with zero attached hydrogens (tertiary/aromatic N) is 2. The van der Waals surface area contributed by atoms with Gasteiger partial charge in [-0.3, -0.25) is 9.69 Å². The predicted octanol–water partition coefficient (Wildman–Crippen LogP) is 3.15. The van der Waals surface area contributed by atoms with Crippen molar-refractivity contribution in [3.05, 3.63) is 54.1 Å². The lowest BCUT2D eigenvalue weighted by Crippen LogP contribution is -2.47. The van der Waals surface area contributed by atoms with Crippen LogP contribution in [0.5, 0.6) is 5.75 Å². The molecule has 0 spiro atoms. The number of hydrogen-bond acceptors (Lipinski definition) is 4. The van der Waals surface area contributed by atoms with E-state index >= 15 is 0 Å². The summed E-state index contributed by atoms with van der Waals surface area (Å²) < 4.78 is 5.12. The molecule has 2 aromatic rings. The molecule has 0 aromatic heterocycles. The normalized spacial score (nSPS) is 14.9. The minimum Gasteiger partial charge on any atom is -0.497 e. The van der Waals surface area contributed by atoms with Crippen molar-refractivity contribution >= 4 is 17.3 Å². The van der Waals surface area contributed by atoms with Crippen LogP contribution in [0.3, 0.4) is 0 Å². The van der Waals surface area contributed by atoms with Crippen LogP contribution < -0.4 is 15.0 Å². The van der Waals surface area contributed by atoms with Crippen LogP contribution in [0.25, 0.3) is 0 Å². The number of carbonyl (C=O) groups excluding carboxylic acids is 1. The lowest BCUT2D eigenvalue weighted by Gasteiger charge is -2.36. The molecule has 1 N–H and O–H groups in total. The van der Waals surface area contributed by atoms with Crippen molar-refractivity contribution < 1.29 is 9.53 Å². The summed E-state index contributed by atoms with van der Waals surface area (Å²) in [5.74, 6) is 0.839. The summed E-state index contributed by atoms with van der Waals surface area (Å²) in [5.41, 5.74) is 3.39. The van der Waals surface area contributed by atoms with Gasteiger partial charge in [0.15, 0.2) is 0 Å². The Morgan fingerprint density at radius 1 is 1.08 bits per heavy atom. The highest BCUT2D eigenvalue weighted by Gasteiger charge is 2.17. The fraction of sp³-hybridized carbons (Fsp3) is 0.381. The van der Waals surface area contributed by atoms with Crippen molar-refractivity contribution in [1.82, 2.24) is 4.90 Å². The molecule has 5 nitrogen and oxygen atoms in total. The smallest absolute Gasteiger partial charge is 0.225 e. The minimum absolute atomic E-state index is 0.0521. The van der Waals surface area contributed by atoms with Crippen molar-refractivity contribution in [1.29, 1.82) is 0 Å². The van der Waals surface area contributed by atoms with E-state index < -0.39 is 0 Å². The predicted molar refractivity (Wildman–Crippen MR) is 106 cm³/mol. The highest BCUT2D eigenvalue weighted by Crippen LogP contribution is 2.18. The maximum absolute atomic E-state index is 12.2. The van der Waals surface area contributed by atoms with Gasteiger partial charge in [0.1, 0.15) is 5.75 Å². The van der Waals surface area contributed by atoms with Crippen LogP contribution in [0.4, 0.5) is 11.4 Å². The maximum atomic E-state index is 12.2. The van der Waals surface area contributed by atoms with Crippen molar-refractivity contribution in [2.45, 2.75) is 13.3 Å². The van der Waals surface area contributed by atoms with Gasteiger partial charge in [0.25, 0.3) is 0 Å². The molecule has 138 valence electrons. The van der Waals surface area contributed by atoms with Crippen LogP contribution >= 0.6 is 0 Å². The summed E-state index contributed by atoms with van der Waals surface area (Å²) in [7, 11) is 1.63. The van der Waals surface area contributed by atoms with E-state index in [-0.39, 0.29) is 5.91 Å². The third-order valence-electron chi connectivity index (χ3n) is 4.77. The summed E-state index contributed by atoms with van der Waals surface area (Å²) in [6.45, 7) is 6.91. The molecule has 1 amide bonds. The van der Waals surface area contributed by atoms with Crippen molar-refractivity contribution in [2.75, 3.05) is 50.1 Å². The van der Waals surface area contributed by atoms with Gasteiger partial charge in [0.2, 0.25) is 5.91 Å². The molecule has 0 bridgehead atoms. The first kappa shape index (κ1) is 18.3. The molecule has 0 aliphatic carbocycles. The van der Waals surface area contributed by atoms with Crippen molar-refractivity contribution in [2.24, 2.45) is 0 Å². The molecule has 5 heteroatoms. The molecule has 26 heavy (non-hydrogen) atoms. The molecule has 1 heterocycles. The Labute approximate surface area is 155 Å². The number of anilines is 2. The van der Waals surface area contributed by atoms with Crippen molar-refractivity contribution in [3.8, 4) is 5.75 Å². The van der Waals surface area contributed by atoms with E-state index in [9.17, 15) is 4.79 Å². The Balaban J connectivity index is 1.41. The highest BCUT2D eigenvalue weighted by molar-refractivity contribution is 5.90. The summed E-state index contributed by atoms with van der Waals surface area (Å²) >= 11 is 0. The van der Waals surface area contributed by atoms with E-state index in [1.54, 1.807) is 7.11 Å². The number of hydrogen-bond donors (Lipinski definition) is 1. The molecule has 1 fully saturated rings. The molecule has 1 saturated heterocycles. The zero-order chi connectivity index (χ0) is 18.4. The Bertz CT molecular complexity index is 722. The largest absolute Gasteiger partial charge is 0.497 e. The third-order valence-corrected chi connectivity index (χ3v) is 4.77. The lowest BCUT2D eigenvalue weighted by atomic mass is 10.2. The topological polar surface area (TPSA) is 44.8 Å². The summed E-state index contributed by atoms with van der Waals surface area (Å²) in [5, 5.41) is 2.94. The fourth-order valence-corrected chi connectivity index (χ4v) is 3.21. The number of rotatable bonds is 6. The van der Waals surface area contributed by atoms with Gasteiger partial charge in [-0.05, 0) is 48.9 Å². The molecule has 3 rings (SSSR count). The second-order valence-corrected chi connectivity index (χ2v) is 6.69. The molecule has 1 aliphatic rings. The average molecular weight is 353 g/mol. The highest BCUT2D eigenvalue weighted by atomic mass is 16.5. The Hall–Kier alpha value is -2.53. The average Bonchev–Trinajstić information content (AvgIpc) is 2.67. The molecule has 0 radical (unpaired) electrons. The summed E-state index contributed by atoms with van der Waals surface area (Å²) in [6, 6.07) is 16.1. The van der Waals surface area contributed by atoms with Crippen LogP contribution in [0.2, 0.25) is 0 Å². The SMILES string of the molecule is COc1ccc(NC(=O)CCN2CCN(c3cccc(C)c3)CC2)cc1. The number of carbonyl (C=O) groups is 1. The summed E-state index contributed by atoms with van der Waals surface area (Å²) in [4.78, 5) is 16.9. The molecular weight excluding hydrogens is 326 g/mol. The van der Waals surface area contributed by atoms with Gasteiger partial charge in [0, 0.05) is 50.5 Å². The van der Waals surface area contributed by atoms with Crippen LogP contribution in [0.15, 0.2) is 48.5 Å². The van der Waals surface area contributed by atoms with E-state index in [4.69, 9.17) is 4.74 Å². The molecule has 2 aromatic carbocycles. The van der Waals surface area contributed by atoms with E-state index in [0.29, 0.717) is 6.42 Å². The van der Waals surface area contributed by atoms with Crippen LogP contribution in [0, 0.1) is 6.92 Å². The Kier molecular flexibility index (Phi) is 6.12. The molecule has 0 unspecified atom stereocenters. The van der Waals surface area contributed by atoms with E-state index in [0.717, 1.165) is 44.2 Å². The van der Waals surface area contributed by atoms with Gasteiger partial charge in [-0.25, -0.2) is 0 Å². The first-order chi connectivity index (χ1) is 12.6. The van der Waals surface area contributed by atoms with E-state index in [2.05, 4.69) is 46.3 Å². The van der Waals surface area contributed by atoms with Gasteiger partial charge < -0.3 is 15.0 Å². The van der Waals surface area contributed by atoms with Gasteiger partial charge in [-0.1, -0.05) is 12.1 Å². The van der Waals surface area contributed by atoms with Crippen molar-refractivity contribution in [3.63, 3.8) is 0 Å². The molecule has 1 aliphatic heterocycles. The van der Waals surface area contributed by atoms with Gasteiger partial charge in [-0.15, -0.1) is 0 Å². The zero-order valence-electron chi connectivity index (χ0n) is 15.6. The second kappa shape index (κ2) is 8.72. The summed E-state index contributed by atoms with van der Waals surface area (Å²) in [6.07, 6.45) is 0.510. The van der Waals surface area contributed by atoms with E-state index in [1.165, 1.54) is 11.3 Å². The standard InChI is InChI=1S/C21H27N3O2/c1-17-4-3-5-19(16-17)24-14-12-23(13-15-24)11-10-21(25)22-18-6-8-20(26-2)9-7-18/h3-9,16H,10-15H2,1-2H3,(H,22,25). The van der Waals surface area contributed by atoms with Crippen LogP contribution in [0.1, 0.15) is 12.0 Å². The molecule has 0 saturated carbocycles. The Morgan fingerprint density at radius 2 is 1.81 bits per heavy atom. The minimum atomic E-state index is 0.0521. The first-order valence-electron chi connectivity index (χ1n) is 9.12. The van der Waals surface area contributed by atoms with Gasteiger partial charge >= 0.3 is 0 Å². The van der Waals surface area contributed by atoms with Gasteiger partial charge in [-0.2, -0.15) is 0 Å². The number of amides is 1. The fourth-order valence-electron chi connectivity index (χ4n) is 3.21. The first-order valence-corrected chi connectivity index (χ1v) is 9.12. The maximum Gasteiger partial charge on any atom is 0.225 e. The van der Waals surface area contributed by atoms with Crippen LogP contribution in [-0.2, 0) is 4.79 Å². The number of ether oxygens (including phenoxy) is 1. The lowest BCUT2D eigenvalue weighted by molar-refractivity contribution is -0.116. The molecule has 0 atom stereocenters. The molecular formula is C21H27N3O2. The number of methoxy groups -OCH3 is 1. The third kappa shape index (κ3) is 4.99. The second-order valence-electron chi connectivity index (χ2n) is 6.69. The number of aryl methyl sites for hydroxylation is 1. The van der Waals surface area contributed by atoms with Crippen LogP contribution in [-0.4, -0.2) is 50.6 Å². The number of nitrogens with one attached hydrogen (secondary N) is 1. The quantitative estimate of drug-likeness (QED) is 0.866. The van der Waals surface area contributed by atoms with E-state index in [1.807, 2.05) is 24.3 Å². The monoisotopic (exact) mass is 353 g/mol. The zero-order valence-corrected chi connectivity index (χ0v) is 15.6.